The molecule has 2 rings (SSSR count). The minimum absolute atomic E-state index is 0.0633. The van der Waals surface area contributed by atoms with Crippen molar-refractivity contribution in [2.24, 2.45) is 0 Å². The molecule has 0 aliphatic rings. The maximum absolute atomic E-state index is 11.1. The van der Waals surface area contributed by atoms with Gasteiger partial charge in [0.25, 0.3) is 0 Å². The fourth-order valence-electron chi connectivity index (χ4n) is 1.39. The number of aromatic nitrogens is 2. The number of rotatable bonds is 4. The second-order valence-electron chi connectivity index (χ2n) is 3.69. The molecule has 2 aromatic rings. The number of nitro groups is 1. The van der Waals surface area contributed by atoms with Gasteiger partial charge in [0.1, 0.15) is 0 Å². The fourth-order valence-corrected chi connectivity index (χ4v) is 1.97. The average molecular weight is 394 g/mol. The normalized spacial score (nSPS) is 10.3. The van der Waals surface area contributed by atoms with Gasteiger partial charge in [-0.15, -0.1) is 0 Å². The Kier molecular flexibility index (Phi) is 4.81. The van der Waals surface area contributed by atoms with E-state index in [9.17, 15) is 10.1 Å². The van der Waals surface area contributed by atoms with Crippen molar-refractivity contribution in [3.8, 4) is 11.6 Å². The lowest BCUT2D eigenvalue weighted by atomic mass is 10.3. The average Bonchev–Trinajstić information content (AvgIpc) is 2.44. The number of halogens is 3. The van der Waals surface area contributed by atoms with E-state index in [-0.39, 0.29) is 27.4 Å². The summed E-state index contributed by atoms with van der Waals surface area (Å²) in [4.78, 5) is 18.4. The summed E-state index contributed by atoms with van der Waals surface area (Å²) >= 11 is 14.8. The molecule has 110 valence electrons. The number of ether oxygens (including phenoxy) is 1. The molecule has 0 unspecified atom stereocenters. The third-order valence-corrected chi connectivity index (χ3v) is 3.61. The van der Waals surface area contributed by atoms with Crippen LogP contribution in [0.3, 0.4) is 0 Å². The summed E-state index contributed by atoms with van der Waals surface area (Å²) in [6, 6.07) is 2.38. The zero-order chi connectivity index (χ0) is 15.6. The molecule has 21 heavy (non-hydrogen) atoms. The Bertz CT molecular complexity index is 714. The van der Waals surface area contributed by atoms with Gasteiger partial charge < -0.3 is 10.1 Å². The first kappa shape index (κ1) is 15.7. The van der Waals surface area contributed by atoms with Gasteiger partial charge >= 0.3 is 5.69 Å². The molecule has 7 nitrogen and oxygen atoms in total. The Labute approximate surface area is 137 Å². The Balaban J connectivity index is 2.48. The van der Waals surface area contributed by atoms with Crippen LogP contribution in [0.5, 0.6) is 11.6 Å². The van der Waals surface area contributed by atoms with Crippen molar-refractivity contribution in [2.75, 3.05) is 12.4 Å². The predicted molar refractivity (Wildman–Crippen MR) is 82.5 cm³/mol. The monoisotopic (exact) mass is 392 g/mol. The first-order valence-electron chi connectivity index (χ1n) is 5.44. The van der Waals surface area contributed by atoms with Crippen LogP contribution in [0.25, 0.3) is 0 Å². The van der Waals surface area contributed by atoms with E-state index in [1.807, 2.05) is 0 Å². The van der Waals surface area contributed by atoms with Crippen LogP contribution in [-0.2, 0) is 0 Å². The third-order valence-electron chi connectivity index (χ3n) is 2.34. The molecule has 0 spiro atoms. The highest BCUT2D eigenvalue weighted by Gasteiger charge is 2.20. The molecule has 0 fully saturated rings. The van der Waals surface area contributed by atoms with Gasteiger partial charge in [-0.05, 0) is 15.9 Å². The van der Waals surface area contributed by atoms with Crippen LogP contribution >= 0.6 is 39.1 Å². The highest BCUT2D eigenvalue weighted by atomic mass is 79.9. The minimum atomic E-state index is -0.619. The molecule has 0 aliphatic heterocycles. The lowest BCUT2D eigenvalue weighted by Gasteiger charge is -2.09. The molecule has 0 aliphatic carbocycles. The summed E-state index contributed by atoms with van der Waals surface area (Å²) in [6.45, 7) is 0. The fraction of sp³-hybridized carbons (Fsp3) is 0.0909. The number of nitrogens with one attached hydrogen (secondary N) is 1. The minimum Gasteiger partial charge on any atom is -0.430 e. The second kappa shape index (κ2) is 6.42. The molecule has 0 atom stereocenters. The van der Waals surface area contributed by atoms with Gasteiger partial charge in [-0.2, -0.15) is 4.98 Å². The van der Waals surface area contributed by atoms with Crippen molar-refractivity contribution in [1.82, 2.24) is 9.97 Å². The largest absolute Gasteiger partial charge is 0.430 e. The van der Waals surface area contributed by atoms with E-state index >= 15 is 0 Å². The number of benzene rings is 1. The predicted octanol–water partition coefficient (Wildman–Crippen LogP) is 4.29. The van der Waals surface area contributed by atoms with E-state index < -0.39 is 4.92 Å². The number of hydrogen-bond donors (Lipinski definition) is 1. The molecule has 10 heteroatoms. The van der Waals surface area contributed by atoms with Crippen LogP contribution in [0.15, 0.2) is 22.8 Å². The van der Waals surface area contributed by atoms with Gasteiger partial charge in [0.05, 0.1) is 25.6 Å². The van der Waals surface area contributed by atoms with Crippen LogP contribution in [0.4, 0.5) is 11.6 Å². The summed E-state index contributed by atoms with van der Waals surface area (Å²) in [5.74, 6) is 0.336. The Hall–Kier alpha value is -1.64. The molecule has 1 aromatic carbocycles. The van der Waals surface area contributed by atoms with Gasteiger partial charge in [-0.25, -0.2) is 4.98 Å². The lowest BCUT2D eigenvalue weighted by molar-refractivity contribution is -0.385. The van der Waals surface area contributed by atoms with Crippen LogP contribution in [0.1, 0.15) is 0 Å². The second-order valence-corrected chi connectivity index (χ2v) is 5.36. The summed E-state index contributed by atoms with van der Waals surface area (Å²) in [5.41, 5.74) is -0.319. The molecule has 1 aromatic heterocycles. The molecule has 0 radical (unpaired) electrons. The SMILES string of the molecule is CNc1ncc(Br)c(Oc2cc(Cl)c(Cl)cc2[N+](=O)[O-])n1. The quantitative estimate of drug-likeness (QED) is 0.615. The van der Waals surface area contributed by atoms with Crippen LogP contribution in [0, 0.1) is 10.1 Å². The van der Waals surface area contributed by atoms with Gasteiger partial charge in [0.15, 0.2) is 0 Å². The summed E-state index contributed by atoms with van der Waals surface area (Å²) < 4.78 is 5.89. The van der Waals surface area contributed by atoms with E-state index in [1.54, 1.807) is 7.05 Å². The number of anilines is 1. The van der Waals surface area contributed by atoms with Gasteiger partial charge in [0, 0.05) is 19.2 Å². The van der Waals surface area contributed by atoms with Gasteiger partial charge in [0.2, 0.25) is 17.6 Å². The van der Waals surface area contributed by atoms with Crippen LogP contribution in [0.2, 0.25) is 10.0 Å². The van der Waals surface area contributed by atoms with Crippen molar-refractivity contribution in [2.45, 2.75) is 0 Å². The number of nitro benzene ring substituents is 1. The van der Waals surface area contributed by atoms with E-state index in [0.29, 0.717) is 10.4 Å². The van der Waals surface area contributed by atoms with E-state index in [0.717, 1.165) is 6.07 Å². The van der Waals surface area contributed by atoms with Crippen LogP contribution in [-0.4, -0.2) is 21.9 Å². The Morgan fingerprint density at radius 3 is 2.67 bits per heavy atom. The molecule has 1 N–H and O–H groups in total. The first-order valence-corrected chi connectivity index (χ1v) is 6.99. The third kappa shape index (κ3) is 3.52. The Morgan fingerprint density at radius 1 is 1.38 bits per heavy atom. The van der Waals surface area contributed by atoms with Crippen molar-refractivity contribution in [3.63, 3.8) is 0 Å². The Morgan fingerprint density at radius 2 is 2.05 bits per heavy atom. The van der Waals surface area contributed by atoms with Crippen LogP contribution < -0.4 is 10.1 Å². The van der Waals surface area contributed by atoms with Crippen molar-refractivity contribution in [1.29, 1.82) is 0 Å². The lowest BCUT2D eigenvalue weighted by Crippen LogP contribution is -2.00. The molecule has 0 saturated heterocycles. The maximum atomic E-state index is 11.1. The van der Waals surface area contributed by atoms with Crippen molar-refractivity contribution >= 4 is 50.8 Å². The van der Waals surface area contributed by atoms with E-state index in [4.69, 9.17) is 27.9 Å². The maximum Gasteiger partial charge on any atom is 0.313 e. The summed E-state index contributed by atoms with van der Waals surface area (Å²) in [6.07, 6.45) is 1.46. The molecule has 1 heterocycles. The number of hydrogen-bond acceptors (Lipinski definition) is 6. The highest BCUT2D eigenvalue weighted by Crippen LogP contribution is 2.39. The van der Waals surface area contributed by atoms with Gasteiger partial charge in [-0.1, -0.05) is 23.2 Å². The molecular formula is C11H7BrCl2N4O3. The number of nitrogens with zero attached hydrogens (tertiary/aromatic N) is 3. The standard InChI is InChI=1S/C11H7BrCl2N4O3/c1-15-11-16-4-5(12)10(17-11)21-9-3-7(14)6(13)2-8(9)18(19)20/h2-4H,1H3,(H,15,16,17). The molecule has 0 saturated carbocycles. The smallest absolute Gasteiger partial charge is 0.313 e. The topological polar surface area (TPSA) is 90.2 Å². The summed E-state index contributed by atoms with van der Waals surface area (Å²) in [7, 11) is 1.63. The zero-order valence-corrected chi connectivity index (χ0v) is 13.5. The zero-order valence-electron chi connectivity index (χ0n) is 10.4. The summed E-state index contributed by atoms with van der Waals surface area (Å²) in [5, 5.41) is 14.0. The van der Waals surface area contributed by atoms with Gasteiger partial charge in [-0.3, -0.25) is 10.1 Å². The highest BCUT2D eigenvalue weighted by molar-refractivity contribution is 9.10. The van der Waals surface area contributed by atoms with Crippen molar-refractivity contribution in [3.05, 3.63) is 43.0 Å². The molecule has 0 bridgehead atoms. The molecular weight excluding hydrogens is 387 g/mol. The van der Waals surface area contributed by atoms with Crippen molar-refractivity contribution < 1.29 is 9.66 Å². The first-order chi connectivity index (χ1) is 9.92. The molecule has 0 amide bonds. The van der Waals surface area contributed by atoms with E-state index in [1.165, 1.54) is 12.3 Å². The van der Waals surface area contributed by atoms with E-state index in [2.05, 4.69) is 31.2 Å².